The van der Waals surface area contributed by atoms with Gasteiger partial charge in [0.25, 0.3) is 6.29 Å². The molecule has 0 saturated carbocycles. The summed E-state index contributed by atoms with van der Waals surface area (Å²) in [7, 11) is 0. The molecule has 0 bridgehead atoms. The Morgan fingerprint density at radius 2 is 1.42 bits per heavy atom. The Hall–Kier alpha value is -2.37. The number of ether oxygens (including phenoxy) is 3. The highest BCUT2D eigenvalue weighted by Crippen LogP contribution is 2.29. The second-order valence-corrected chi connectivity index (χ2v) is 3.68. The van der Waals surface area contributed by atoms with Gasteiger partial charge in [-0.2, -0.15) is 0 Å². The van der Waals surface area contributed by atoms with Gasteiger partial charge < -0.3 is 14.2 Å². The molecule has 0 radical (unpaired) electrons. The lowest BCUT2D eigenvalue weighted by molar-refractivity contribution is -0.186. The van der Waals surface area contributed by atoms with E-state index in [1.807, 2.05) is 0 Å². The quantitative estimate of drug-likeness (QED) is 0.469. The summed E-state index contributed by atoms with van der Waals surface area (Å²) >= 11 is 0. The highest BCUT2D eigenvalue weighted by Gasteiger charge is 2.22. The lowest BCUT2D eigenvalue weighted by Crippen LogP contribution is -2.16. The van der Waals surface area contributed by atoms with Gasteiger partial charge in [0.2, 0.25) is 0 Å². The van der Waals surface area contributed by atoms with E-state index in [2.05, 4.69) is 0 Å². The van der Waals surface area contributed by atoms with Gasteiger partial charge in [-0.15, -0.1) is 0 Å². The summed E-state index contributed by atoms with van der Waals surface area (Å²) in [5, 5.41) is 0. The molecule has 0 N–H and O–H groups in total. The van der Waals surface area contributed by atoms with Crippen molar-refractivity contribution in [2.75, 3.05) is 0 Å². The number of carbonyl (C=O) groups is 3. The van der Waals surface area contributed by atoms with Crippen molar-refractivity contribution in [2.24, 2.45) is 0 Å². The maximum atomic E-state index is 11.0. The molecule has 1 rings (SSSR count). The van der Waals surface area contributed by atoms with Gasteiger partial charge in [0, 0.05) is 20.8 Å². The monoisotopic (exact) mass is 266 g/mol. The Bertz CT molecular complexity index is 478. The smallest absolute Gasteiger partial charge is 0.308 e. The minimum atomic E-state index is -1.24. The third-order valence-corrected chi connectivity index (χ3v) is 1.97. The van der Waals surface area contributed by atoms with Gasteiger partial charge in [-0.1, -0.05) is 12.1 Å². The molecule has 0 heterocycles. The largest absolute Gasteiger partial charge is 0.426 e. The Kier molecular flexibility index (Phi) is 5.05. The molecule has 6 heteroatoms. The van der Waals surface area contributed by atoms with Crippen LogP contribution in [0.1, 0.15) is 32.6 Å². The highest BCUT2D eigenvalue weighted by molar-refractivity contribution is 5.71. The Morgan fingerprint density at radius 3 is 1.89 bits per heavy atom. The van der Waals surface area contributed by atoms with Crippen LogP contribution in [-0.2, 0) is 23.9 Å². The van der Waals surface area contributed by atoms with E-state index in [0.717, 1.165) is 0 Å². The van der Waals surface area contributed by atoms with Crippen molar-refractivity contribution in [1.29, 1.82) is 0 Å². The lowest BCUT2D eigenvalue weighted by Gasteiger charge is -2.18. The van der Waals surface area contributed by atoms with Gasteiger partial charge in [-0.05, 0) is 12.1 Å². The normalized spacial score (nSPS) is 9.89. The number of esters is 3. The van der Waals surface area contributed by atoms with Crippen molar-refractivity contribution >= 4 is 17.9 Å². The molecule has 0 unspecified atom stereocenters. The maximum absolute atomic E-state index is 11.0. The number of hydrogen-bond donors (Lipinski definition) is 0. The zero-order valence-electron chi connectivity index (χ0n) is 10.8. The Morgan fingerprint density at radius 1 is 0.895 bits per heavy atom. The third-order valence-electron chi connectivity index (χ3n) is 1.97. The van der Waals surface area contributed by atoms with Gasteiger partial charge in [-0.25, -0.2) is 0 Å². The first-order valence-corrected chi connectivity index (χ1v) is 5.52. The number of rotatable bonds is 4. The molecule has 0 aromatic heterocycles. The molecule has 1 aromatic carbocycles. The van der Waals surface area contributed by atoms with E-state index in [1.54, 1.807) is 12.1 Å². The zero-order chi connectivity index (χ0) is 14.4. The van der Waals surface area contributed by atoms with E-state index >= 15 is 0 Å². The summed E-state index contributed by atoms with van der Waals surface area (Å²) in [6.07, 6.45) is -1.24. The van der Waals surface area contributed by atoms with E-state index in [4.69, 9.17) is 14.2 Å². The molecule has 0 aliphatic heterocycles. The second-order valence-electron chi connectivity index (χ2n) is 3.68. The van der Waals surface area contributed by atoms with Crippen LogP contribution in [0.3, 0.4) is 0 Å². The SMILES string of the molecule is CC(=O)Oc1ccccc1C(OC(C)=O)OC(C)=O. The van der Waals surface area contributed by atoms with Crippen LogP contribution in [0, 0.1) is 0 Å². The van der Waals surface area contributed by atoms with Crippen LogP contribution in [0.5, 0.6) is 5.75 Å². The molecule has 0 fully saturated rings. The van der Waals surface area contributed by atoms with Gasteiger partial charge in [0.05, 0.1) is 5.56 Å². The first-order valence-electron chi connectivity index (χ1n) is 5.52. The average molecular weight is 266 g/mol. The van der Waals surface area contributed by atoms with Crippen LogP contribution in [0.15, 0.2) is 24.3 Å². The van der Waals surface area contributed by atoms with Gasteiger partial charge >= 0.3 is 17.9 Å². The van der Waals surface area contributed by atoms with Crippen molar-refractivity contribution in [2.45, 2.75) is 27.1 Å². The molecule has 0 saturated heterocycles. The van der Waals surface area contributed by atoms with Crippen molar-refractivity contribution in [3.05, 3.63) is 29.8 Å². The number of benzene rings is 1. The van der Waals surface area contributed by atoms with E-state index in [-0.39, 0.29) is 11.3 Å². The summed E-state index contributed by atoms with van der Waals surface area (Å²) in [6.45, 7) is 3.61. The first kappa shape index (κ1) is 14.7. The average Bonchev–Trinajstić information content (AvgIpc) is 2.26. The predicted molar refractivity (Wildman–Crippen MR) is 64.0 cm³/mol. The summed E-state index contributed by atoms with van der Waals surface area (Å²) < 4.78 is 14.8. The maximum Gasteiger partial charge on any atom is 0.308 e. The molecule has 1 aromatic rings. The summed E-state index contributed by atoms with van der Waals surface area (Å²) in [6, 6.07) is 6.33. The molecule has 6 nitrogen and oxygen atoms in total. The van der Waals surface area contributed by atoms with Crippen LogP contribution in [0.2, 0.25) is 0 Å². The van der Waals surface area contributed by atoms with Crippen molar-refractivity contribution in [1.82, 2.24) is 0 Å². The molecule has 19 heavy (non-hydrogen) atoms. The molecule has 102 valence electrons. The van der Waals surface area contributed by atoms with Gasteiger partial charge in [-0.3, -0.25) is 14.4 Å². The van der Waals surface area contributed by atoms with Crippen molar-refractivity contribution in [3.63, 3.8) is 0 Å². The van der Waals surface area contributed by atoms with E-state index in [0.29, 0.717) is 0 Å². The predicted octanol–water partition coefficient (Wildman–Crippen LogP) is 1.74. The fourth-order valence-corrected chi connectivity index (χ4v) is 1.38. The van der Waals surface area contributed by atoms with Crippen LogP contribution < -0.4 is 4.74 Å². The number of hydrogen-bond acceptors (Lipinski definition) is 6. The summed E-state index contributed by atoms with van der Waals surface area (Å²) in [5.74, 6) is -1.60. The Labute approximate surface area is 110 Å². The second kappa shape index (κ2) is 6.53. The molecule has 0 aliphatic carbocycles. The van der Waals surface area contributed by atoms with Crippen molar-refractivity contribution in [3.8, 4) is 5.75 Å². The van der Waals surface area contributed by atoms with Crippen LogP contribution >= 0.6 is 0 Å². The molecular formula is C13H14O6. The number of para-hydroxylation sites is 1. The molecular weight excluding hydrogens is 252 g/mol. The zero-order valence-corrected chi connectivity index (χ0v) is 10.8. The van der Waals surface area contributed by atoms with E-state index in [1.165, 1.54) is 32.9 Å². The van der Waals surface area contributed by atoms with Gasteiger partial charge in [0.1, 0.15) is 5.75 Å². The Balaban J connectivity index is 3.09. The van der Waals surface area contributed by atoms with Crippen LogP contribution in [-0.4, -0.2) is 17.9 Å². The fraction of sp³-hybridized carbons (Fsp3) is 0.308. The third kappa shape index (κ3) is 4.79. The van der Waals surface area contributed by atoms with Gasteiger partial charge in [0.15, 0.2) is 0 Å². The minimum Gasteiger partial charge on any atom is -0.426 e. The minimum absolute atomic E-state index is 0.169. The lowest BCUT2D eigenvalue weighted by atomic mass is 10.2. The molecule has 0 atom stereocenters. The first-order chi connectivity index (χ1) is 8.90. The van der Waals surface area contributed by atoms with E-state index in [9.17, 15) is 14.4 Å². The highest BCUT2D eigenvalue weighted by atomic mass is 16.7. The number of carbonyl (C=O) groups excluding carboxylic acids is 3. The molecule has 0 spiro atoms. The topological polar surface area (TPSA) is 78.9 Å². The van der Waals surface area contributed by atoms with Crippen LogP contribution in [0.25, 0.3) is 0 Å². The molecule has 0 amide bonds. The van der Waals surface area contributed by atoms with Crippen molar-refractivity contribution < 1.29 is 28.6 Å². The van der Waals surface area contributed by atoms with Crippen LogP contribution in [0.4, 0.5) is 0 Å². The summed E-state index contributed by atoms with van der Waals surface area (Å²) in [5.41, 5.74) is 0.281. The van der Waals surface area contributed by atoms with E-state index < -0.39 is 24.2 Å². The fourth-order valence-electron chi connectivity index (χ4n) is 1.38. The summed E-state index contributed by atoms with van der Waals surface area (Å²) in [4.78, 5) is 33.0. The standard InChI is InChI=1S/C13H14O6/c1-8(14)17-12-7-5-4-6-11(12)13(18-9(2)15)19-10(3)16/h4-7,13H,1-3H3. The molecule has 0 aliphatic rings.